The molecule has 0 aliphatic heterocycles. The highest BCUT2D eigenvalue weighted by Crippen LogP contribution is 2.21. The molecule has 1 saturated carbocycles. The van der Waals surface area contributed by atoms with Gasteiger partial charge in [0.2, 0.25) is 0 Å². The second-order valence-corrected chi connectivity index (χ2v) is 4.91. The number of nitrogens with one attached hydrogen (secondary N) is 1. The van der Waals surface area contributed by atoms with Crippen LogP contribution in [0.3, 0.4) is 0 Å². The number of hydrogen-bond donors (Lipinski definition) is 3. The van der Waals surface area contributed by atoms with Gasteiger partial charge < -0.3 is 20.4 Å². The molecule has 1 fully saturated rings. The van der Waals surface area contributed by atoms with Crippen molar-refractivity contribution in [3.63, 3.8) is 0 Å². The van der Waals surface area contributed by atoms with Crippen LogP contribution in [0.5, 0.6) is 0 Å². The van der Waals surface area contributed by atoms with Gasteiger partial charge in [-0.1, -0.05) is 19.3 Å². The summed E-state index contributed by atoms with van der Waals surface area (Å²) < 4.78 is 0. The summed E-state index contributed by atoms with van der Waals surface area (Å²) in [6.45, 7) is 1.35. The molecule has 104 valence electrons. The third-order valence-corrected chi connectivity index (χ3v) is 3.47. The third-order valence-electron chi connectivity index (χ3n) is 3.47. The minimum atomic E-state index is -1.26. The Balaban J connectivity index is 2.54. The number of carbonyl (C=O) groups is 2. The molecule has 18 heavy (non-hydrogen) atoms. The maximum Gasteiger partial charge on any atom is 0.328 e. The second-order valence-electron chi connectivity index (χ2n) is 4.91. The van der Waals surface area contributed by atoms with Crippen molar-refractivity contribution in [2.45, 2.75) is 57.2 Å². The Kier molecular flexibility index (Phi) is 5.40. The fourth-order valence-corrected chi connectivity index (χ4v) is 2.26. The van der Waals surface area contributed by atoms with Crippen LogP contribution in [-0.2, 0) is 4.79 Å². The number of carboxylic acids is 1. The third kappa shape index (κ3) is 3.87. The van der Waals surface area contributed by atoms with Gasteiger partial charge in [-0.3, -0.25) is 0 Å². The molecular formula is C12H22N2O4. The van der Waals surface area contributed by atoms with Crippen LogP contribution in [0.4, 0.5) is 4.79 Å². The monoisotopic (exact) mass is 258 g/mol. The van der Waals surface area contributed by atoms with Crippen molar-refractivity contribution >= 4 is 12.0 Å². The fraction of sp³-hybridized carbons (Fsp3) is 0.833. The molecule has 0 bridgehead atoms. The molecule has 1 aliphatic carbocycles. The van der Waals surface area contributed by atoms with Crippen molar-refractivity contribution in [2.75, 3.05) is 7.05 Å². The lowest BCUT2D eigenvalue weighted by Crippen LogP contribution is -2.53. The highest BCUT2D eigenvalue weighted by molar-refractivity contribution is 5.83. The Bertz CT molecular complexity index is 300. The molecule has 3 N–H and O–H groups in total. The van der Waals surface area contributed by atoms with Crippen LogP contribution in [-0.4, -0.2) is 52.3 Å². The predicted molar refractivity (Wildman–Crippen MR) is 66.3 cm³/mol. The minimum absolute atomic E-state index is 0.169. The normalized spacial score (nSPS) is 19.9. The summed E-state index contributed by atoms with van der Waals surface area (Å²) in [5.41, 5.74) is 0. The van der Waals surface area contributed by atoms with Crippen LogP contribution in [0.15, 0.2) is 0 Å². The molecule has 6 nitrogen and oxygen atoms in total. The molecule has 0 aromatic carbocycles. The molecule has 2 amide bonds. The van der Waals surface area contributed by atoms with Crippen molar-refractivity contribution in [1.82, 2.24) is 10.2 Å². The van der Waals surface area contributed by atoms with Crippen LogP contribution < -0.4 is 5.32 Å². The molecular weight excluding hydrogens is 236 g/mol. The van der Waals surface area contributed by atoms with E-state index in [0.717, 1.165) is 25.7 Å². The summed E-state index contributed by atoms with van der Waals surface area (Å²) in [4.78, 5) is 24.3. The van der Waals surface area contributed by atoms with Gasteiger partial charge in [0.1, 0.15) is 0 Å². The van der Waals surface area contributed by atoms with Crippen molar-refractivity contribution in [1.29, 1.82) is 0 Å². The number of carboxylic acid groups (broad SMARTS) is 1. The zero-order valence-corrected chi connectivity index (χ0v) is 10.9. The van der Waals surface area contributed by atoms with Crippen LogP contribution in [0.1, 0.15) is 39.0 Å². The van der Waals surface area contributed by atoms with Gasteiger partial charge in [0.15, 0.2) is 6.04 Å². The molecule has 1 aliphatic rings. The Hall–Kier alpha value is -1.30. The van der Waals surface area contributed by atoms with E-state index in [2.05, 4.69) is 5.32 Å². The topological polar surface area (TPSA) is 89.9 Å². The lowest BCUT2D eigenvalue weighted by atomic mass is 9.95. The first kappa shape index (κ1) is 14.8. The first-order valence-electron chi connectivity index (χ1n) is 6.37. The number of amides is 2. The summed E-state index contributed by atoms with van der Waals surface area (Å²) in [5.74, 6) is -1.23. The summed E-state index contributed by atoms with van der Waals surface area (Å²) in [5, 5.41) is 20.6. The standard InChI is InChI=1S/C12H22N2O4/c1-8(15)10(11(16)17)13-12(18)14(2)9-6-4-3-5-7-9/h8-10,15H,3-7H2,1-2H3,(H,13,18)(H,16,17)/t8-,10+/m1/s1. The first-order valence-corrected chi connectivity index (χ1v) is 6.37. The van der Waals surface area contributed by atoms with Crippen LogP contribution in [0.2, 0.25) is 0 Å². The first-order chi connectivity index (χ1) is 8.43. The van der Waals surface area contributed by atoms with E-state index >= 15 is 0 Å². The van der Waals surface area contributed by atoms with Gasteiger partial charge in [-0.2, -0.15) is 0 Å². The van der Waals surface area contributed by atoms with E-state index in [1.165, 1.54) is 13.3 Å². The Morgan fingerprint density at radius 2 is 1.83 bits per heavy atom. The maximum atomic E-state index is 11.9. The molecule has 0 aromatic rings. The van der Waals surface area contributed by atoms with Crippen molar-refractivity contribution in [3.8, 4) is 0 Å². The van der Waals surface area contributed by atoms with Crippen LogP contribution in [0, 0.1) is 0 Å². The number of aliphatic carboxylic acids is 1. The summed E-state index contributed by atoms with van der Waals surface area (Å²) >= 11 is 0. The average Bonchev–Trinajstić information content (AvgIpc) is 2.35. The number of urea groups is 1. The number of aliphatic hydroxyl groups excluding tert-OH is 1. The Morgan fingerprint density at radius 3 is 2.28 bits per heavy atom. The van der Waals surface area contributed by atoms with E-state index in [4.69, 9.17) is 5.11 Å². The van der Waals surface area contributed by atoms with Crippen LogP contribution >= 0.6 is 0 Å². The molecule has 2 atom stereocenters. The van der Waals surface area contributed by atoms with E-state index in [1.807, 2.05) is 0 Å². The molecule has 0 heterocycles. The number of rotatable bonds is 4. The van der Waals surface area contributed by atoms with Gasteiger partial charge in [-0.15, -0.1) is 0 Å². The Labute approximate surface area is 107 Å². The molecule has 0 radical (unpaired) electrons. The molecule has 0 spiro atoms. The van der Waals surface area contributed by atoms with Crippen molar-refractivity contribution < 1.29 is 19.8 Å². The van der Waals surface area contributed by atoms with Gasteiger partial charge in [-0.05, 0) is 19.8 Å². The van der Waals surface area contributed by atoms with Crippen LogP contribution in [0.25, 0.3) is 0 Å². The van der Waals surface area contributed by atoms with E-state index < -0.39 is 24.1 Å². The van der Waals surface area contributed by atoms with E-state index in [-0.39, 0.29) is 6.04 Å². The summed E-state index contributed by atoms with van der Waals surface area (Å²) in [6, 6.07) is -1.53. The van der Waals surface area contributed by atoms with Crippen molar-refractivity contribution in [3.05, 3.63) is 0 Å². The fourth-order valence-electron chi connectivity index (χ4n) is 2.26. The highest BCUT2D eigenvalue weighted by atomic mass is 16.4. The SMILES string of the molecule is C[C@@H](O)[C@H](NC(=O)N(C)C1CCCCC1)C(=O)O. The molecule has 0 saturated heterocycles. The molecule has 0 unspecified atom stereocenters. The minimum Gasteiger partial charge on any atom is -0.480 e. The quantitative estimate of drug-likeness (QED) is 0.695. The highest BCUT2D eigenvalue weighted by Gasteiger charge is 2.28. The van der Waals surface area contributed by atoms with Gasteiger partial charge >= 0.3 is 12.0 Å². The average molecular weight is 258 g/mol. The zero-order valence-electron chi connectivity index (χ0n) is 10.9. The predicted octanol–water partition coefficient (Wildman–Crippen LogP) is 0.794. The van der Waals surface area contributed by atoms with Gasteiger partial charge in [0.05, 0.1) is 6.10 Å². The smallest absolute Gasteiger partial charge is 0.328 e. The summed E-state index contributed by atoms with van der Waals surface area (Å²) in [7, 11) is 1.67. The zero-order chi connectivity index (χ0) is 13.7. The molecule has 0 aromatic heterocycles. The van der Waals surface area contributed by atoms with E-state index in [1.54, 1.807) is 11.9 Å². The second kappa shape index (κ2) is 6.58. The molecule has 6 heteroatoms. The largest absolute Gasteiger partial charge is 0.480 e. The van der Waals surface area contributed by atoms with Gasteiger partial charge in [0, 0.05) is 13.1 Å². The van der Waals surface area contributed by atoms with Gasteiger partial charge in [-0.25, -0.2) is 9.59 Å². The lowest BCUT2D eigenvalue weighted by Gasteiger charge is -2.32. The number of hydrogen-bond acceptors (Lipinski definition) is 3. The summed E-state index contributed by atoms with van der Waals surface area (Å²) in [6.07, 6.45) is 4.18. The number of aliphatic hydroxyl groups is 1. The van der Waals surface area contributed by atoms with Crippen molar-refractivity contribution in [2.24, 2.45) is 0 Å². The molecule has 1 rings (SSSR count). The van der Waals surface area contributed by atoms with E-state index in [0.29, 0.717) is 0 Å². The maximum absolute atomic E-state index is 11.9. The Morgan fingerprint density at radius 1 is 1.28 bits per heavy atom. The van der Waals surface area contributed by atoms with Gasteiger partial charge in [0.25, 0.3) is 0 Å². The van der Waals surface area contributed by atoms with E-state index in [9.17, 15) is 14.7 Å². The number of nitrogens with zero attached hydrogens (tertiary/aromatic N) is 1. The lowest BCUT2D eigenvalue weighted by molar-refractivity contribution is -0.141. The number of carbonyl (C=O) groups excluding carboxylic acids is 1.